The van der Waals surface area contributed by atoms with E-state index in [1.807, 2.05) is 31.3 Å². The van der Waals surface area contributed by atoms with Crippen LogP contribution in [0, 0.1) is 6.92 Å². The Labute approximate surface area is 99.3 Å². The van der Waals surface area contributed by atoms with E-state index in [4.69, 9.17) is 16.7 Å². The van der Waals surface area contributed by atoms with Crippen LogP contribution in [0.15, 0.2) is 30.6 Å². The van der Waals surface area contributed by atoms with E-state index in [-0.39, 0.29) is 6.61 Å². The molecule has 0 bridgehead atoms. The van der Waals surface area contributed by atoms with Gasteiger partial charge in [0, 0.05) is 16.8 Å². The van der Waals surface area contributed by atoms with E-state index >= 15 is 0 Å². The lowest BCUT2D eigenvalue weighted by molar-refractivity contribution is 0.281. The maximum absolute atomic E-state index is 8.93. The van der Waals surface area contributed by atoms with Gasteiger partial charge in [0.05, 0.1) is 19.3 Å². The third-order valence-corrected chi connectivity index (χ3v) is 2.76. The average Bonchev–Trinajstić information content (AvgIpc) is 2.70. The van der Waals surface area contributed by atoms with Crippen molar-refractivity contribution >= 4 is 11.6 Å². The molecule has 0 fully saturated rings. The Balaban J connectivity index is 2.20. The molecule has 3 nitrogen and oxygen atoms in total. The Hall–Kier alpha value is -1.32. The van der Waals surface area contributed by atoms with Crippen molar-refractivity contribution in [1.29, 1.82) is 0 Å². The highest BCUT2D eigenvalue weighted by Gasteiger charge is 2.03. The lowest BCUT2D eigenvalue weighted by atomic mass is 10.1. The Bertz CT molecular complexity index is 494. The van der Waals surface area contributed by atoms with Gasteiger partial charge in [0.25, 0.3) is 0 Å². The number of hydrogen-bond acceptors (Lipinski definition) is 2. The summed E-state index contributed by atoms with van der Waals surface area (Å²) in [7, 11) is 0. The number of aliphatic hydroxyl groups excluding tert-OH is 1. The highest BCUT2D eigenvalue weighted by Crippen LogP contribution is 2.18. The number of aliphatic hydroxyl groups is 1. The predicted octanol–water partition coefficient (Wildman–Crippen LogP) is 2.39. The Kier molecular flexibility index (Phi) is 3.27. The van der Waals surface area contributed by atoms with Gasteiger partial charge in [-0.1, -0.05) is 23.7 Å². The second-order valence-corrected chi connectivity index (χ2v) is 4.21. The monoisotopic (exact) mass is 236 g/mol. The van der Waals surface area contributed by atoms with Gasteiger partial charge in [-0.25, -0.2) is 0 Å². The summed E-state index contributed by atoms with van der Waals surface area (Å²) in [5.74, 6) is 0. The van der Waals surface area contributed by atoms with Crippen molar-refractivity contribution in [3.05, 3.63) is 52.3 Å². The predicted molar refractivity (Wildman–Crippen MR) is 63.4 cm³/mol. The van der Waals surface area contributed by atoms with E-state index in [0.29, 0.717) is 6.54 Å². The highest BCUT2D eigenvalue weighted by atomic mass is 35.5. The Morgan fingerprint density at radius 3 is 2.88 bits per heavy atom. The van der Waals surface area contributed by atoms with Gasteiger partial charge in [-0.15, -0.1) is 0 Å². The van der Waals surface area contributed by atoms with Crippen LogP contribution < -0.4 is 0 Å². The van der Waals surface area contributed by atoms with Crippen LogP contribution >= 0.6 is 11.6 Å². The van der Waals surface area contributed by atoms with Crippen molar-refractivity contribution in [1.82, 2.24) is 9.78 Å². The maximum Gasteiger partial charge on any atom is 0.0712 e. The molecule has 2 aromatic rings. The SMILES string of the molecule is Cc1ccc(Cn2cc(CO)cn2)c(Cl)c1. The first-order valence-electron chi connectivity index (χ1n) is 5.06. The van der Waals surface area contributed by atoms with Gasteiger partial charge >= 0.3 is 0 Å². The second-order valence-electron chi connectivity index (χ2n) is 3.80. The lowest BCUT2D eigenvalue weighted by Gasteiger charge is -2.05. The van der Waals surface area contributed by atoms with Crippen LogP contribution in [0.5, 0.6) is 0 Å². The summed E-state index contributed by atoms with van der Waals surface area (Å²) in [6.45, 7) is 2.65. The van der Waals surface area contributed by atoms with Crippen LogP contribution in [0.25, 0.3) is 0 Å². The van der Waals surface area contributed by atoms with Crippen molar-refractivity contribution in [2.24, 2.45) is 0 Å². The molecule has 0 atom stereocenters. The summed E-state index contributed by atoms with van der Waals surface area (Å²) in [5, 5.41) is 13.8. The molecule has 0 saturated carbocycles. The number of rotatable bonds is 3. The normalized spacial score (nSPS) is 10.7. The molecule has 0 amide bonds. The summed E-state index contributed by atoms with van der Waals surface area (Å²) in [5.41, 5.74) is 2.98. The Morgan fingerprint density at radius 2 is 2.25 bits per heavy atom. The second kappa shape index (κ2) is 4.68. The molecule has 0 radical (unpaired) electrons. The largest absolute Gasteiger partial charge is 0.392 e. The molecule has 2 rings (SSSR count). The zero-order valence-corrected chi connectivity index (χ0v) is 9.78. The van der Waals surface area contributed by atoms with Gasteiger partial charge in [0.1, 0.15) is 0 Å². The van der Waals surface area contributed by atoms with Crippen LogP contribution in [-0.4, -0.2) is 14.9 Å². The standard InChI is InChI=1S/C12H13ClN2O/c1-9-2-3-11(12(13)4-9)7-15-6-10(8-16)5-14-15/h2-6,16H,7-8H2,1H3. The first-order chi connectivity index (χ1) is 7.69. The number of halogens is 1. The molecule has 1 N–H and O–H groups in total. The smallest absolute Gasteiger partial charge is 0.0712 e. The molecule has 4 heteroatoms. The van der Waals surface area contributed by atoms with Crippen molar-refractivity contribution in [2.75, 3.05) is 0 Å². The molecule has 84 valence electrons. The summed E-state index contributed by atoms with van der Waals surface area (Å²) < 4.78 is 1.77. The van der Waals surface area contributed by atoms with E-state index in [2.05, 4.69) is 5.10 Å². The molecule has 0 aliphatic heterocycles. The van der Waals surface area contributed by atoms with Gasteiger partial charge < -0.3 is 5.11 Å². The quantitative estimate of drug-likeness (QED) is 0.889. The van der Waals surface area contributed by atoms with Crippen LogP contribution in [0.3, 0.4) is 0 Å². The van der Waals surface area contributed by atoms with Gasteiger partial charge in [0.15, 0.2) is 0 Å². The molecule has 0 spiro atoms. The van der Waals surface area contributed by atoms with Gasteiger partial charge in [0.2, 0.25) is 0 Å². The number of benzene rings is 1. The van der Waals surface area contributed by atoms with Gasteiger partial charge in [-0.3, -0.25) is 4.68 Å². The van der Waals surface area contributed by atoms with Gasteiger partial charge in [-0.05, 0) is 24.1 Å². The van der Waals surface area contributed by atoms with Crippen LogP contribution in [0.4, 0.5) is 0 Å². The third kappa shape index (κ3) is 2.43. The fraction of sp³-hybridized carbons (Fsp3) is 0.250. The van der Waals surface area contributed by atoms with Gasteiger partial charge in [-0.2, -0.15) is 5.10 Å². The number of aryl methyl sites for hydroxylation is 1. The Morgan fingerprint density at radius 1 is 1.44 bits per heavy atom. The third-order valence-electron chi connectivity index (χ3n) is 2.41. The van der Waals surface area contributed by atoms with Crippen molar-refractivity contribution in [3.8, 4) is 0 Å². The molecular formula is C12H13ClN2O. The van der Waals surface area contributed by atoms with Crippen LogP contribution in [-0.2, 0) is 13.2 Å². The summed E-state index contributed by atoms with van der Waals surface area (Å²) >= 11 is 6.13. The molecule has 0 aliphatic carbocycles. The minimum absolute atomic E-state index is 0.0155. The van der Waals surface area contributed by atoms with Crippen molar-refractivity contribution < 1.29 is 5.11 Å². The van der Waals surface area contributed by atoms with E-state index < -0.39 is 0 Å². The molecule has 0 saturated heterocycles. The van der Waals surface area contributed by atoms with E-state index in [1.54, 1.807) is 10.9 Å². The number of aromatic nitrogens is 2. The van der Waals surface area contributed by atoms with Crippen molar-refractivity contribution in [2.45, 2.75) is 20.1 Å². The number of hydrogen-bond donors (Lipinski definition) is 1. The van der Waals surface area contributed by atoms with Crippen molar-refractivity contribution in [3.63, 3.8) is 0 Å². The zero-order chi connectivity index (χ0) is 11.5. The number of nitrogens with zero attached hydrogens (tertiary/aromatic N) is 2. The molecule has 0 unspecified atom stereocenters. The summed E-state index contributed by atoms with van der Waals surface area (Å²) in [6.07, 6.45) is 3.47. The maximum atomic E-state index is 8.93. The zero-order valence-electron chi connectivity index (χ0n) is 9.02. The van der Waals surface area contributed by atoms with E-state index in [9.17, 15) is 0 Å². The molecule has 0 aliphatic rings. The molecular weight excluding hydrogens is 224 g/mol. The lowest BCUT2D eigenvalue weighted by Crippen LogP contribution is -2.00. The highest BCUT2D eigenvalue weighted by molar-refractivity contribution is 6.31. The first kappa shape index (κ1) is 11.2. The fourth-order valence-corrected chi connectivity index (χ4v) is 1.82. The topological polar surface area (TPSA) is 38.0 Å². The molecule has 1 aromatic carbocycles. The summed E-state index contributed by atoms with van der Waals surface area (Å²) in [6, 6.07) is 5.96. The summed E-state index contributed by atoms with van der Waals surface area (Å²) in [4.78, 5) is 0. The molecule has 1 aromatic heterocycles. The minimum atomic E-state index is 0.0155. The molecule has 16 heavy (non-hydrogen) atoms. The average molecular weight is 237 g/mol. The molecule has 1 heterocycles. The van der Waals surface area contributed by atoms with E-state index in [0.717, 1.165) is 21.7 Å². The van der Waals surface area contributed by atoms with Crippen LogP contribution in [0.2, 0.25) is 5.02 Å². The fourth-order valence-electron chi connectivity index (χ4n) is 1.53. The first-order valence-corrected chi connectivity index (χ1v) is 5.44. The van der Waals surface area contributed by atoms with Crippen LogP contribution in [0.1, 0.15) is 16.7 Å². The van der Waals surface area contributed by atoms with E-state index in [1.165, 1.54) is 0 Å². The minimum Gasteiger partial charge on any atom is -0.392 e.